The third-order valence-electron chi connectivity index (χ3n) is 2.85. The first-order valence-electron chi connectivity index (χ1n) is 4.19. The van der Waals surface area contributed by atoms with Gasteiger partial charge in [-0.05, 0) is 18.8 Å². The Hall–Kier alpha value is -0.310. The predicted octanol–water partition coefficient (Wildman–Crippen LogP) is 1.89. The largest absolute Gasteiger partial charge is 0.458 e. The van der Waals surface area contributed by atoms with E-state index in [0.717, 1.165) is 18.2 Å². The van der Waals surface area contributed by atoms with Gasteiger partial charge in [0, 0.05) is 16.8 Å². The SMILES string of the molecule is C=C1C(=O)O[C@@H]2CC[C@H](CBr)[C@H]12. The van der Waals surface area contributed by atoms with E-state index in [0.29, 0.717) is 11.5 Å². The Morgan fingerprint density at radius 2 is 2.33 bits per heavy atom. The van der Waals surface area contributed by atoms with E-state index in [9.17, 15) is 4.79 Å². The number of hydrogen-bond donors (Lipinski definition) is 0. The minimum Gasteiger partial charge on any atom is -0.458 e. The minimum atomic E-state index is -0.185. The second-order valence-electron chi connectivity index (χ2n) is 3.49. The second-order valence-corrected chi connectivity index (χ2v) is 4.13. The first-order chi connectivity index (χ1) is 5.74. The number of hydrogen-bond acceptors (Lipinski definition) is 2. The molecule has 1 heterocycles. The molecule has 0 spiro atoms. The summed E-state index contributed by atoms with van der Waals surface area (Å²) < 4.78 is 5.17. The maximum Gasteiger partial charge on any atom is 0.334 e. The van der Waals surface area contributed by atoms with Gasteiger partial charge in [-0.3, -0.25) is 0 Å². The number of alkyl halides is 1. The molecule has 1 saturated carbocycles. The highest BCUT2D eigenvalue weighted by Crippen LogP contribution is 2.43. The molecule has 1 saturated heterocycles. The van der Waals surface area contributed by atoms with Crippen molar-refractivity contribution in [3.63, 3.8) is 0 Å². The number of carbonyl (C=O) groups excluding carboxylic acids is 1. The summed E-state index contributed by atoms with van der Waals surface area (Å²) in [5.41, 5.74) is 0.682. The molecule has 3 heteroatoms. The Balaban J connectivity index is 2.21. The van der Waals surface area contributed by atoms with E-state index in [1.165, 1.54) is 0 Å². The van der Waals surface area contributed by atoms with Crippen molar-refractivity contribution in [3.05, 3.63) is 12.2 Å². The van der Waals surface area contributed by atoms with Crippen LogP contribution in [0.4, 0.5) is 0 Å². The molecule has 66 valence electrons. The van der Waals surface area contributed by atoms with Crippen molar-refractivity contribution in [2.24, 2.45) is 11.8 Å². The van der Waals surface area contributed by atoms with Crippen molar-refractivity contribution >= 4 is 21.9 Å². The predicted molar refractivity (Wildman–Crippen MR) is 49.0 cm³/mol. The van der Waals surface area contributed by atoms with E-state index < -0.39 is 0 Å². The standard InChI is InChI=1S/C9H11BrO2/c1-5-8-6(4-10)2-3-7(8)12-9(5)11/h6-8H,1-4H2/t6-,7-,8+/m1/s1. The summed E-state index contributed by atoms with van der Waals surface area (Å²) in [7, 11) is 0. The van der Waals surface area contributed by atoms with E-state index in [-0.39, 0.29) is 18.0 Å². The van der Waals surface area contributed by atoms with Crippen molar-refractivity contribution in [2.45, 2.75) is 18.9 Å². The molecule has 0 N–H and O–H groups in total. The Labute approximate surface area is 80.1 Å². The molecular formula is C9H11BrO2. The summed E-state index contributed by atoms with van der Waals surface area (Å²) in [5.74, 6) is 0.654. The zero-order valence-electron chi connectivity index (χ0n) is 6.75. The van der Waals surface area contributed by atoms with Crippen LogP contribution in [0.2, 0.25) is 0 Å². The van der Waals surface area contributed by atoms with Gasteiger partial charge in [0.05, 0.1) is 0 Å². The van der Waals surface area contributed by atoms with Crippen LogP contribution in [-0.4, -0.2) is 17.4 Å². The summed E-state index contributed by atoms with van der Waals surface area (Å²) >= 11 is 3.45. The summed E-state index contributed by atoms with van der Waals surface area (Å²) in [4.78, 5) is 11.1. The normalized spacial score (nSPS) is 39.9. The van der Waals surface area contributed by atoms with Crippen molar-refractivity contribution in [2.75, 3.05) is 5.33 Å². The lowest BCUT2D eigenvalue weighted by atomic mass is 9.92. The van der Waals surface area contributed by atoms with Gasteiger partial charge in [-0.2, -0.15) is 0 Å². The molecule has 3 atom stereocenters. The molecule has 2 rings (SSSR count). The minimum absolute atomic E-state index is 0.132. The Kier molecular flexibility index (Phi) is 1.99. The van der Waals surface area contributed by atoms with E-state index in [1.54, 1.807) is 0 Å². The van der Waals surface area contributed by atoms with Crippen LogP contribution in [0.3, 0.4) is 0 Å². The van der Waals surface area contributed by atoms with Gasteiger partial charge in [0.15, 0.2) is 0 Å². The van der Waals surface area contributed by atoms with Crippen LogP contribution < -0.4 is 0 Å². The smallest absolute Gasteiger partial charge is 0.334 e. The lowest BCUT2D eigenvalue weighted by Gasteiger charge is -2.12. The highest BCUT2D eigenvalue weighted by molar-refractivity contribution is 9.09. The van der Waals surface area contributed by atoms with Gasteiger partial charge in [-0.25, -0.2) is 4.79 Å². The molecule has 2 aliphatic rings. The third-order valence-corrected chi connectivity index (χ3v) is 3.68. The van der Waals surface area contributed by atoms with Crippen molar-refractivity contribution in [1.29, 1.82) is 0 Å². The molecule has 0 radical (unpaired) electrons. The molecule has 0 aromatic rings. The number of halogens is 1. The number of esters is 1. The van der Waals surface area contributed by atoms with Crippen LogP contribution in [0.1, 0.15) is 12.8 Å². The summed E-state index contributed by atoms with van der Waals surface area (Å²) in [6.45, 7) is 3.78. The van der Waals surface area contributed by atoms with Crippen LogP contribution in [0.5, 0.6) is 0 Å². The number of fused-ring (bicyclic) bond motifs is 1. The summed E-state index contributed by atoms with van der Waals surface area (Å²) in [6.07, 6.45) is 2.28. The average molecular weight is 231 g/mol. The monoisotopic (exact) mass is 230 g/mol. The van der Waals surface area contributed by atoms with Gasteiger partial charge in [0.1, 0.15) is 6.10 Å². The highest BCUT2D eigenvalue weighted by Gasteiger charge is 2.46. The lowest BCUT2D eigenvalue weighted by molar-refractivity contribution is -0.138. The Morgan fingerprint density at radius 1 is 1.58 bits per heavy atom. The van der Waals surface area contributed by atoms with E-state index >= 15 is 0 Å². The molecule has 0 bridgehead atoms. The van der Waals surface area contributed by atoms with E-state index in [4.69, 9.17) is 4.74 Å². The molecule has 0 aromatic carbocycles. The molecule has 2 fully saturated rings. The number of carbonyl (C=O) groups is 1. The van der Waals surface area contributed by atoms with E-state index in [2.05, 4.69) is 22.5 Å². The number of ether oxygens (including phenoxy) is 1. The molecule has 0 amide bonds. The first kappa shape index (κ1) is 8.30. The zero-order valence-corrected chi connectivity index (χ0v) is 8.34. The van der Waals surface area contributed by atoms with Crippen LogP contribution in [0.25, 0.3) is 0 Å². The van der Waals surface area contributed by atoms with Gasteiger partial charge in [0.2, 0.25) is 0 Å². The van der Waals surface area contributed by atoms with Gasteiger partial charge in [0.25, 0.3) is 0 Å². The molecule has 2 nitrogen and oxygen atoms in total. The third kappa shape index (κ3) is 1.03. The Bertz CT molecular complexity index is 237. The van der Waals surface area contributed by atoms with Crippen molar-refractivity contribution < 1.29 is 9.53 Å². The van der Waals surface area contributed by atoms with Gasteiger partial charge in [-0.15, -0.1) is 0 Å². The maximum absolute atomic E-state index is 11.1. The summed E-state index contributed by atoms with van der Waals surface area (Å²) in [5, 5.41) is 0.948. The van der Waals surface area contributed by atoms with Gasteiger partial charge in [-0.1, -0.05) is 22.5 Å². The molecular weight excluding hydrogens is 220 g/mol. The fourth-order valence-electron chi connectivity index (χ4n) is 2.20. The highest BCUT2D eigenvalue weighted by atomic mass is 79.9. The van der Waals surface area contributed by atoms with Crippen LogP contribution in [0.15, 0.2) is 12.2 Å². The quantitative estimate of drug-likeness (QED) is 0.391. The molecule has 0 unspecified atom stereocenters. The topological polar surface area (TPSA) is 26.3 Å². The second kappa shape index (κ2) is 2.87. The van der Waals surface area contributed by atoms with Gasteiger partial charge < -0.3 is 4.74 Å². The van der Waals surface area contributed by atoms with Crippen molar-refractivity contribution in [1.82, 2.24) is 0 Å². The first-order valence-corrected chi connectivity index (χ1v) is 5.32. The molecule has 1 aliphatic heterocycles. The average Bonchev–Trinajstić information content (AvgIpc) is 2.55. The van der Waals surface area contributed by atoms with E-state index in [1.807, 2.05) is 0 Å². The molecule has 1 aliphatic carbocycles. The molecule has 0 aromatic heterocycles. The van der Waals surface area contributed by atoms with Crippen LogP contribution >= 0.6 is 15.9 Å². The van der Waals surface area contributed by atoms with Crippen LogP contribution in [0, 0.1) is 11.8 Å². The Morgan fingerprint density at radius 3 is 3.00 bits per heavy atom. The lowest BCUT2D eigenvalue weighted by Crippen LogP contribution is -2.15. The van der Waals surface area contributed by atoms with Crippen molar-refractivity contribution in [3.8, 4) is 0 Å². The summed E-state index contributed by atoms with van der Waals surface area (Å²) in [6, 6.07) is 0. The molecule has 12 heavy (non-hydrogen) atoms. The maximum atomic E-state index is 11.1. The zero-order chi connectivity index (χ0) is 8.72. The fraction of sp³-hybridized carbons (Fsp3) is 0.667. The van der Waals surface area contributed by atoms with Gasteiger partial charge >= 0.3 is 5.97 Å². The van der Waals surface area contributed by atoms with Crippen LogP contribution in [-0.2, 0) is 9.53 Å². The fourth-order valence-corrected chi connectivity index (χ4v) is 2.93. The number of rotatable bonds is 1.